The van der Waals surface area contributed by atoms with Gasteiger partial charge in [0.15, 0.2) is 0 Å². The van der Waals surface area contributed by atoms with Crippen LogP contribution in [0.2, 0.25) is 0 Å². The minimum Gasteiger partial charge on any atom is -0.393 e. The van der Waals surface area contributed by atoms with Gasteiger partial charge in [0.05, 0.1) is 17.6 Å². The van der Waals surface area contributed by atoms with E-state index in [0.717, 1.165) is 25.7 Å². The standard InChI is InChI=1S/C12H21NO/c1-10(11(2)14)12(9-13)7-5-3-4-6-8-12/h10-11,14H,3-8H2,1-2H3. The molecule has 80 valence electrons. The Hall–Kier alpha value is -0.550. The van der Waals surface area contributed by atoms with Crippen molar-refractivity contribution in [2.45, 2.75) is 58.5 Å². The Morgan fingerprint density at radius 1 is 1.14 bits per heavy atom. The summed E-state index contributed by atoms with van der Waals surface area (Å²) in [6.45, 7) is 3.81. The van der Waals surface area contributed by atoms with Crippen LogP contribution in [0.5, 0.6) is 0 Å². The summed E-state index contributed by atoms with van der Waals surface area (Å²) in [5, 5.41) is 18.9. The van der Waals surface area contributed by atoms with Gasteiger partial charge in [0.2, 0.25) is 0 Å². The Kier molecular flexibility index (Phi) is 3.95. The van der Waals surface area contributed by atoms with Crippen molar-refractivity contribution in [1.82, 2.24) is 0 Å². The van der Waals surface area contributed by atoms with E-state index in [1.54, 1.807) is 6.92 Å². The van der Waals surface area contributed by atoms with E-state index in [4.69, 9.17) is 0 Å². The molecule has 1 N–H and O–H groups in total. The summed E-state index contributed by atoms with van der Waals surface area (Å²) in [6.07, 6.45) is 6.35. The van der Waals surface area contributed by atoms with Crippen molar-refractivity contribution < 1.29 is 5.11 Å². The third-order valence-electron chi connectivity index (χ3n) is 3.81. The SMILES string of the molecule is CC(O)C(C)C1(C#N)CCCCCC1. The van der Waals surface area contributed by atoms with Gasteiger partial charge in [0.1, 0.15) is 0 Å². The fourth-order valence-electron chi connectivity index (χ4n) is 2.49. The molecular formula is C12H21NO. The minimum atomic E-state index is -0.368. The molecule has 1 rings (SSSR count). The van der Waals surface area contributed by atoms with Gasteiger partial charge in [-0.15, -0.1) is 0 Å². The van der Waals surface area contributed by atoms with Crippen LogP contribution in [0.15, 0.2) is 0 Å². The van der Waals surface area contributed by atoms with Crippen molar-refractivity contribution in [3.05, 3.63) is 0 Å². The second-order valence-corrected chi connectivity index (χ2v) is 4.71. The van der Waals surface area contributed by atoms with E-state index in [0.29, 0.717) is 0 Å². The first kappa shape index (κ1) is 11.5. The number of nitrogens with zero attached hydrogens (tertiary/aromatic N) is 1. The van der Waals surface area contributed by atoms with Gasteiger partial charge < -0.3 is 5.11 Å². The molecule has 2 unspecified atom stereocenters. The topological polar surface area (TPSA) is 44.0 Å². The zero-order valence-electron chi connectivity index (χ0n) is 9.29. The number of nitriles is 1. The largest absolute Gasteiger partial charge is 0.393 e. The summed E-state index contributed by atoms with van der Waals surface area (Å²) in [6, 6.07) is 2.48. The Morgan fingerprint density at radius 2 is 1.64 bits per heavy atom. The first-order valence-electron chi connectivity index (χ1n) is 5.72. The molecule has 0 aromatic rings. The Morgan fingerprint density at radius 3 is 2.00 bits per heavy atom. The minimum absolute atomic E-state index is 0.102. The van der Waals surface area contributed by atoms with Gasteiger partial charge in [-0.2, -0.15) is 5.26 Å². The molecule has 0 radical (unpaired) electrons. The predicted molar refractivity (Wildman–Crippen MR) is 56.6 cm³/mol. The Bertz CT molecular complexity index is 209. The second-order valence-electron chi connectivity index (χ2n) is 4.71. The lowest BCUT2D eigenvalue weighted by Gasteiger charge is -2.33. The van der Waals surface area contributed by atoms with E-state index in [-0.39, 0.29) is 17.4 Å². The highest BCUT2D eigenvalue weighted by Gasteiger charge is 2.38. The van der Waals surface area contributed by atoms with E-state index < -0.39 is 0 Å². The molecule has 0 aliphatic heterocycles. The lowest BCUT2D eigenvalue weighted by atomic mass is 9.70. The molecule has 2 nitrogen and oxygen atoms in total. The summed E-state index contributed by atoms with van der Waals surface area (Å²) in [7, 11) is 0. The average molecular weight is 195 g/mol. The lowest BCUT2D eigenvalue weighted by molar-refractivity contribution is 0.0600. The number of hydrogen-bond acceptors (Lipinski definition) is 2. The maximum atomic E-state index is 9.61. The zero-order valence-corrected chi connectivity index (χ0v) is 9.29. The van der Waals surface area contributed by atoms with E-state index in [1.165, 1.54) is 12.8 Å². The van der Waals surface area contributed by atoms with Crippen molar-refractivity contribution in [2.75, 3.05) is 0 Å². The first-order valence-corrected chi connectivity index (χ1v) is 5.72. The zero-order chi connectivity index (χ0) is 10.6. The molecule has 1 saturated carbocycles. The van der Waals surface area contributed by atoms with Gasteiger partial charge in [-0.25, -0.2) is 0 Å². The van der Waals surface area contributed by atoms with Crippen molar-refractivity contribution in [1.29, 1.82) is 5.26 Å². The molecule has 0 aromatic heterocycles. The highest BCUT2D eigenvalue weighted by molar-refractivity contribution is 5.03. The molecule has 1 fully saturated rings. The highest BCUT2D eigenvalue weighted by atomic mass is 16.3. The highest BCUT2D eigenvalue weighted by Crippen LogP contribution is 2.42. The van der Waals surface area contributed by atoms with Gasteiger partial charge in [0, 0.05) is 5.92 Å². The van der Waals surface area contributed by atoms with E-state index in [1.807, 2.05) is 6.92 Å². The monoisotopic (exact) mass is 195 g/mol. The van der Waals surface area contributed by atoms with E-state index >= 15 is 0 Å². The van der Waals surface area contributed by atoms with Gasteiger partial charge in [0.25, 0.3) is 0 Å². The fraction of sp³-hybridized carbons (Fsp3) is 0.917. The van der Waals surface area contributed by atoms with Crippen LogP contribution in [0.1, 0.15) is 52.4 Å². The molecule has 2 atom stereocenters. The van der Waals surface area contributed by atoms with Crippen LogP contribution in [0.4, 0.5) is 0 Å². The van der Waals surface area contributed by atoms with Crippen molar-refractivity contribution in [3.8, 4) is 6.07 Å². The molecule has 0 spiro atoms. The predicted octanol–water partition coefficient (Wildman–Crippen LogP) is 2.87. The maximum absolute atomic E-state index is 9.61. The summed E-state index contributed by atoms with van der Waals surface area (Å²) >= 11 is 0. The molecule has 0 saturated heterocycles. The van der Waals surface area contributed by atoms with Gasteiger partial charge >= 0.3 is 0 Å². The lowest BCUT2D eigenvalue weighted by Crippen LogP contribution is -2.33. The Balaban J connectivity index is 2.78. The van der Waals surface area contributed by atoms with Crippen molar-refractivity contribution >= 4 is 0 Å². The van der Waals surface area contributed by atoms with Crippen LogP contribution in [0.25, 0.3) is 0 Å². The van der Waals surface area contributed by atoms with Crippen LogP contribution in [0.3, 0.4) is 0 Å². The molecule has 0 bridgehead atoms. The van der Waals surface area contributed by atoms with Crippen LogP contribution >= 0.6 is 0 Å². The molecule has 0 heterocycles. The van der Waals surface area contributed by atoms with Crippen LogP contribution < -0.4 is 0 Å². The fourth-order valence-corrected chi connectivity index (χ4v) is 2.49. The Labute approximate surface area is 86.9 Å². The van der Waals surface area contributed by atoms with Crippen molar-refractivity contribution in [3.63, 3.8) is 0 Å². The second kappa shape index (κ2) is 4.79. The average Bonchev–Trinajstić information content (AvgIpc) is 2.42. The van der Waals surface area contributed by atoms with Crippen LogP contribution in [-0.4, -0.2) is 11.2 Å². The smallest absolute Gasteiger partial charge is 0.0693 e. The molecule has 0 amide bonds. The van der Waals surface area contributed by atoms with Crippen molar-refractivity contribution in [2.24, 2.45) is 11.3 Å². The van der Waals surface area contributed by atoms with Crippen LogP contribution in [-0.2, 0) is 0 Å². The quantitative estimate of drug-likeness (QED) is 0.688. The molecule has 1 aliphatic carbocycles. The summed E-state index contributed by atoms with van der Waals surface area (Å²) in [5.41, 5.74) is -0.259. The summed E-state index contributed by atoms with van der Waals surface area (Å²) < 4.78 is 0. The third kappa shape index (κ3) is 2.27. The number of hydrogen-bond donors (Lipinski definition) is 1. The molecule has 0 aromatic carbocycles. The number of aliphatic hydroxyl groups excluding tert-OH is 1. The third-order valence-corrected chi connectivity index (χ3v) is 3.81. The number of rotatable bonds is 2. The summed E-state index contributed by atoms with van der Waals surface area (Å²) in [4.78, 5) is 0. The van der Waals surface area contributed by atoms with Crippen LogP contribution in [0, 0.1) is 22.7 Å². The first-order chi connectivity index (χ1) is 6.62. The normalized spacial score (nSPS) is 25.9. The molecule has 2 heteroatoms. The molecule has 1 aliphatic rings. The van der Waals surface area contributed by atoms with Gasteiger partial charge in [-0.05, 0) is 19.8 Å². The maximum Gasteiger partial charge on any atom is 0.0693 e. The van der Waals surface area contributed by atoms with Gasteiger partial charge in [-0.1, -0.05) is 32.6 Å². The number of aliphatic hydroxyl groups is 1. The van der Waals surface area contributed by atoms with E-state index in [2.05, 4.69) is 6.07 Å². The summed E-state index contributed by atoms with van der Waals surface area (Å²) in [5.74, 6) is 0.102. The molecular weight excluding hydrogens is 174 g/mol. The van der Waals surface area contributed by atoms with Gasteiger partial charge in [-0.3, -0.25) is 0 Å². The molecule has 14 heavy (non-hydrogen) atoms. The van der Waals surface area contributed by atoms with E-state index in [9.17, 15) is 10.4 Å².